The highest BCUT2D eigenvalue weighted by Gasteiger charge is 2.16. The molecule has 94 valence electrons. The summed E-state index contributed by atoms with van der Waals surface area (Å²) in [5, 5.41) is 1.06. The third-order valence-corrected chi connectivity index (χ3v) is 2.67. The number of nitrogens with two attached hydrogens (primary N) is 1. The van der Waals surface area contributed by atoms with Gasteiger partial charge in [0.1, 0.15) is 11.4 Å². The van der Waals surface area contributed by atoms with Gasteiger partial charge in [-0.3, -0.25) is 14.6 Å². The molecule has 1 heterocycles. The molecular formula is C12H12FN3O2. The third-order valence-electron chi connectivity index (χ3n) is 2.67. The predicted molar refractivity (Wildman–Crippen MR) is 65.4 cm³/mol. The monoisotopic (exact) mass is 249 g/mol. The van der Waals surface area contributed by atoms with E-state index in [1.165, 1.54) is 18.3 Å². The fourth-order valence-electron chi connectivity index (χ4n) is 1.65. The lowest BCUT2D eigenvalue weighted by atomic mass is 10.1. The standard InChI is InChI=1S/C12H12FN3O2/c1-2-16(14)12(18)9-6-15-10-4-3-7(13)5-8(10)11(9)17/h3-6H,2,14H2,1H3,(H,15,17). The SMILES string of the molecule is CCN(N)C(=O)c1c[nH]c2ccc(F)cc2c1=O. The Labute approximate surface area is 102 Å². The Hall–Kier alpha value is -2.21. The molecule has 0 bridgehead atoms. The maximum atomic E-state index is 13.1. The summed E-state index contributed by atoms with van der Waals surface area (Å²) in [5.74, 6) is 4.33. The molecule has 3 N–H and O–H groups in total. The fourth-order valence-corrected chi connectivity index (χ4v) is 1.65. The molecule has 0 saturated carbocycles. The number of aromatic nitrogens is 1. The van der Waals surface area contributed by atoms with Crippen LogP contribution in [0.4, 0.5) is 4.39 Å². The summed E-state index contributed by atoms with van der Waals surface area (Å²) in [4.78, 5) is 26.6. The van der Waals surface area contributed by atoms with Crippen LogP contribution in [-0.2, 0) is 0 Å². The summed E-state index contributed by atoms with van der Waals surface area (Å²) in [5.41, 5.74) is -0.160. The Morgan fingerprint density at radius 2 is 2.22 bits per heavy atom. The van der Waals surface area contributed by atoms with E-state index in [0.29, 0.717) is 5.52 Å². The minimum atomic E-state index is -0.593. The Balaban J connectivity index is 2.64. The quantitative estimate of drug-likeness (QED) is 0.473. The molecule has 0 radical (unpaired) electrons. The van der Waals surface area contributed by atoms with Gasteiger partial charge in [0.15, 0.2) is 0 Å². The lowest BCUT2D eigenvalue weighted by Crippen LogP contribution is -2.39. The van der Waals surface area contributed by atoms with Crippen LogP contribution < -0.4 is 11.3 Å². The highest BCUT2D eigenvalue weighted by Crippen LogP contribution is 2.10. The van der Waals surface area contributed by atoms with Crippen LogP contribution in [0, 0.1) is 5.82 Å². The van der Waals surface area contributed by atoms with Crippen LogP contribution in [0.25, 0.3) is 10.9 Å². The average Bonchev–Trinajstić information content (AvgIpc) is 2.38. The van der Waals surface area contributed by atoms with Crippen molar-refractivity contribution in [2.45, 2.75) is 6.92 Å². The molecule has 2 rings (SSSR count). The van der Waals surface area contributed by atoms with Gasteiger partial charge in [0.05, 0.1) is 0 Å². The molecule has 1 amide bonds. The van der Waals surface area contributed by atoms with Crippen LogP contribution in [0.5, 0.6) is 0 Å². The highest BCUT2D eigenvalue weighted by atomic mass is 19.1. The molecule has 5 nitrogen and oxygen atoms in total. The van der Waals surface area contributed by atoms with Gasteiger partial charge in [0, 0.05) is 23.6 Å². The zero-order valence-electron chi connectivity index (χ0n) is 9.74. The number of halogens is 1. The smallest absolute Gasteiger partial charge is 0.273 e. The largest absolute Gasteiger partial charge is 0.360 e. The fraction of sp³-hybridized carbons (Fsp3) is 0.167. The van der Waals surface area contributed by atoms with Crippen molar-refractivity contribution in [2.75, 3.05) is 6.54 Å². The summed E-state index contributed by atoms with van der Waals surface area (Å²) >= 11 is 0. The molecule has 0 aliphatic rings. The minimum Gasteiger partial charge on any atom is -0.360 e. The minimum absolute atomic E-state index is 0.0996. The van der Waals surface area contributed by atoms with E-state index in [1.54, 1.807) is 6.92 Å². The number of nitrogens with one attached hydrogen (secondary N) is 1. The van der Waals surface area contributed by atoms with Crippen molar-refractivity contribution >= 4 is 16.8 Å². The number of carbonyl (C=O) groups excluding carboxylic acids is 1. The summed E-state index contributed by atoms with van der Waals surface area (Å²) < 4.78 is 13.1. The number of pyridine rings is 1. The first-order valence-corrected chi connectivity index (χ1v) is 5.42. The lowest BCUT2D eigenvalue weighted by Gasteiger charge is -2.13. The second kappa shape index (κ2) is 4.58. The molecule has 18 heavy (non-hydrogen) atoms. The van der Waals surface area contributed by atoms with Crippen LogP contribution >= 0.6 is 0 Å². The molecule has 2 aromatic rings. The Bertz CT molecular complexity index is 666. The van der Waals surface area contributed by atoms with Gasteiger partial charge in [-0.15, -0.1) is 0 Å². The zero-order valence-corrected chi connectivity index (χ0v) is 9.74. The van der Waals surface area contributed by atoms with E-state index in [0.717, 1.165) is 11.1 Å². The number of carbonyl (C=O) groups is 1. The number of fused-ring (bicyclic) bond motifs is 1. The van der Waals surface area contributed by atoms with Gasteiger partial charge in [0.25, 0.3) is 5.91 Å². The van der Waals surface area contributed by atoms with Crippen LogP contribution in [0.2, 0.25) is 0 Å². The highest BCUT2D eigenvalue weighted by molar-refractivity contribution is 5.96. The van der Waals surface area contributed by atoms with Crippen LogP contribution in [-0.4, -0.2) is 22.4 Å². The van der Waals surface area contributed by atoms with Gasteiger partial charge in [-0.05, 0) is 25.1 Å². The van der Waals surface area contributed by atoms with Gasteiger partial charge >= 0.3 is 0 Å². The van der Waals surface area contributed by atoms with Gasteiger partial charge in [-0.2, -0.15) is 0 Å². The second-order valence-corrected chi connectivity index (χ2v) is 3.81. The molecule has 1 aromatic carbocycles. The van der Waals surface area contributed by atoms with Gasteiger partial charge < -0.3 is 4.98 Å². The van der Waals surface area contributed by atoms with E-state index in [9.17, 15) is 14.0 Å². The van der Waals surface area contributed by atoms with Crippen molar-refractivity contribution in [2.24, 2.45) is 5.84 Å². The summed E-state index contributed by atoms with van der Waals surface area (Å²) in [6.45, 7) is 1.96. The number of aromatic amines is 1. The molecule has 1 aromatic heterocycles. The first-order valence-electron chi connectivity index (χ1n) is 5.42. The van der Waals surface area contributed by atoms with E-state index in [2.05, 4.69) is 4.98 Å². The second-order valence-electron chi connectivity index (χ2n) is 3.81. The molecule has 0 fully saturated rings. The molecular weight excluding hydrogens is 237 g/mol. The summed E-state index contributed by atoms with van der Waals surface area (Å²) in [6.07, 6.45) is 1.29. The number of H-pyrrole nitrogens is 1. The van der Waals surface area contributed by atoms with E-state index in [1.807, 2.05) is 0 Å². The molecule has 0 unspecified atom stereocenters. The van der Waals surface area contributed by atoms with Gasteiger partial charge in [0.2, 0.25) is 5.43 Å². The Kier molecular flexibility index (Phi) is 3.12. The van der Waals surface area contributed by atoms with Crippen LogP contribution in [0.3, 0.4) is 0 Å². The van der Waals surface area contributed by atoms with E-state index < -0.39 is 17.2 Å². The van der Waals surface area contributed by atoms with Gasteiger partial charge in [-0.1, -0.05) is 0 Å². The Morgan fingerprint density at radius 1 is 1.50 bits per heavy atom. The van der Waals surface area contributed by atoms with Crippen molar-refractivity contribution < 1.29 is 9.18 Å². The summed E-state index contributed by atoms with van der Waals surface area (Å²) in [6, 6.07) is 3.78. The van der Waals surface area contributed by atoms with E-state index >= 15 is 0 Å². The average molecular weight is 249 g/mol. The summed E-state index contributed by atoms with van der Waals surface area (Å²) in [7, 11) is 0. The molecule has 6 heteroatoms. The molecule has 0 spiro atoms. The number of nitrogens with zero attached hydrogens (tertiary/aromatic N) is 1. The maximum absolute atomic E-state index is 13.1. The maximum Gasteiger partial charge on any atom is 0.273 e. The van der Waals surface area contributed by atoms with Crippen molar-refractivity contribution in [3.8, 4) is 0 Å². The number of benzene rings is 1. The molecule has 0 aliphatic carbocycles. The predicted octanol–water partition coefficient (Wildman–Crippen LogP) is 1.00. The van der Waals surface area contributed by atoms with Gasteiger partial charge in [-0.25, -0.2) is 10.2 Å². The molecule has 0 aliphatic heterocycles. The molecule has 0 atom stereocenters. The number of amides is 1. The lowest BCUT2D eigenvalue weighted by molar-refractivity contribution is 0.0763. The van der Waals surface area contributed by atoms with Crippen LogP contribution in [0.15, 0.2) is 29.2 Å². The topological polar surface area (TPSA) is 79.2 Å². The van der Waals surface area contributed by atoms with E-state index in [-0.39, 0.29) is 17.5 Å². The normalized spacial score (nSPS) is 10.6. The third kappa shape index (κ3) is 1.98. The number of hydrazine groups is 1. The van der Waals surface area contributed by atoms with Crippen molar-refractivity contribution in [1.29, 1.82) is 0 Å². The van der Waals surface area contributed by atoms with Crippen LogP contribution in [0.1, 0.15) is 17.3 Å². The first kappa shape index (κ1) is 12.3. The van der Waals surface area contributed by atoms with Crippen molar-refractivity contribution in [3.05, 3.63) is 46.0 Å². The number of rotatable bonds is 2. The van der Waals surface area contributed by atoms with E-state index in [4.69, 9.17) is 5.84 Å². The number of hydrogen-bond acceptors (Lipinski definition) is 3. The van der Waals surface area contributed by atoms with Crippen molar-refractivity contribution in [1.82, 2.24) is 9.99 Å². The first-order chi connectivity index (χ1) is 8.54. The number of hydrogen-bond donors (Lipinski definition) is 2. The Morgan fingerprint density at radius 3 is 2.89 bits per heavy atom. The molecule has 0 saturated heterocycles. The van der Waals surface area contributed by atoms with Crippen molar-refractivity contribution in [3.63, 3.8) is 0 Å². The zero-order chi connectivity index (χ0) is 13.3.